The van der Waals surface area contributed by atoms with Gasteiger partial charge in [0.2, 0.25) is 0 Å². The lowest BCUT2D eigenvalue weighted by atomic mass is 9.58. The first-order chi connectivity index (χ1) is 8.26. The first-order valence-electron chi connectivity index (χ1n) is 7.72. The van der Waals surface area contributed by atoms with Gasteiger partial charge in [-0.25, -0.2) is 0 Å². The fraction of sp³-hybridized carbons (Fsp3) is 1.00. The summed E-state index contributed by atoms with van der Waals surface area (Å²) in [4.78, 5) is 2.76. The topological polar surface area (TPSA) is 29.3 Å². The van der Waals surface area contributed by atoms with Crippen LogP contribution in [0.4, 0.5) is 0 Å². The van der Waals surface area contributed by atoms with Crippen molar-refractivity contribution in [3.63, 3.8) is 0 Å². The number of hydrogen-bond donors (Lipinski definition) is 1. The standard InChI is InChI=1S/C15H28N2/c1-3-14-15-12-6-4-11(5-7-12)13(15)9-17(14)10(2)8-16/h10-15H,3-9,16H2,1-2H3. The van der Waals surface area contributed by atoms with Gasteiger partial charge < -0.3 is 5.73 Å². The van der Waals surface area contributed by atoms with Crippen molar-refractivity contribution in [2.24, 2.45) is 29.4 Å². The Kier molecular flexibility index (Phi) is 3.20. The van der Waals surface area contributed by atoms with Gasteiger partial charge in [-0.1, -0.05) is 6.92 Å². The Morgan fingerprint density at radius 3 is 2.41 bits per heavy atom. The predicted octanol–water partition coefficient (Wildman–Crippen LogP) is 2.48. The van der Waals surface area contributed by atoms with E-state index in [2.05, 4.69) is 18.7 Å². The Bertz CT molecular complexity index is 270. The van der Waals surface area contributed by atoms with Crippen LogP contribution in [0.3, 0.4) is 0 Å². The molecule has 1 saturated heterocycles. The van der Waals surface area contributed by atoms with E-state index in [1.54, 1.807) is 0 Å². The zero-order chi connectivity index (χ0) is 12.0. The molecule has 0 aromatic carbocycles. The molecule has 4 fully saturated rings. The van der Waals surface area contributed by atoms with Crippen molar-refractivity contribution in [3.05, 3.63) is 0 Å². The minimum atomic E-state index is 0.588. The van der Waals surface area contributed by atoms with Crippen LogP contribution in [0, 0.1) is 23.7 Å². The molecule has 4 aliphatic rings. The lowest BCUT2D eigenvalue weighted by Crippen LogP contribution is -2.45. The van der Waals surface area contributed by atoms with Crippen molar-refractivity contribution in [2.45, 2.75) is 58.0 Å². The fourth-order valence-electron chi connectivity index (χ4n) is 5.24. The van der Waals surface area contributed by atoms with Crippen LogP contribution in [0.5, 0.6) is 0 Å². The summed E-state index contributed by atoms with van der Waals surface area (Å²) in [6, 6.07) is 1.43. The van der Waals surface area contributed by atoms with Gasteiger partial charge in [-0.3, -0.25) is 4.90 Å². The van der Waals surface area contributed by atoms with E-state index in [-0.39, 0.29) is 0 Å². The molecule has 98 valence electrons. The first-order valence-corrected chi connectivity index (χ1v) is 7.72. The summed E-state index contributed by atoms with van der Waals surface area (Å²) < 4.78 is 0. The molecule has 0 aromatic rings. The summed E-state index contributed by atoms with van der Waals surface area (Å²) >= 11 is 0. The summed E-state index contributed by atoms with van der Waals surface area (Å²) in [6.07, 6.45) is 7.41. The van der Waals surface area contributed by atoms with Gasteiger partial charge in [0.1, 0.15) is 0 Å². The number of hydrogen-bond acceptors (Lipinski definition) is 2. The van der Waals surface area contributed by atoms with Gasteiger partial charge in [0.15, 0.2) is 0 Å². The molecule has 0 radical (unpaired) electrons. The lowest BCUT2D eigenvalue weighted by Gasteiger charge is -2.47. The summed E-state index contributed by atoms with van der Waals surface area (Å²) in [5.41, 5.74) is 5.90. The van der Waals surface area contributed by atoms with Gasteiger partial charge in [0, 0.05) is 25.2 Å². The second-order valence-corrected chi connectivity index (χ2v) is 6.67. The molecule has 0 spiro atoms. The molecular formula is C15H28N2. The average molecular weight is 236 g/mol. The van der Waals surface area contributed by atoms with Gasteiger partial charge in [-0.15, -0.1) is 0 Å². The van der Waals surface area contributed by atoms with Crippen LogP contribution in [0.1, 0.15) is 46.0 Å². The van der Waals surface area contributed by atoms with Crippen molar-refractivity contribution < 1.29 is 0 Å². The number of rotatable bonds is 3. The van der Waals surface area contributed by atoms with Crippen LogP contribution in [-0.2, 0) is 0 Å². The zero-order valence-corrected chi connectivity index (χ0v) is 11.4. The maximum Gasteiger partial charge on any atom is 0.0193 e. The largest absolute Gasteiger partial charge is 0.329 e. The van der Waals surface area contributed by atoms with Gasteiger partial charge in [0.25, 0.3) is 0 Å². The first kappa shape index (κ1) is 12.0. The summed E-state index contributed by atoms with van der Waals surface area (Å²) in [5, 5.41) is 0. The van der Waals surface area contributed by atoms with Crippen LogP contribution in [0.25, 0.3) is 0 Å². The van der Waals surface area contributed by atoms with Crippen molar-refractivity contribution in [1.82, 2.24) is 4.90 Å². The van der Waals surface area contributed by atoms with E-state index in [0.29, 0.717) is 6.04 Å². The molecule has 4 rings (SSSR count). The molecule has 4 atom stereocenters. The molecule has 2 heteroatoms. The Labute approximate surface area is 106 Å². The molecule has 4 unspecified atom stereocenters. The molecule has 1 heterocycles. The molecule has 2 N–H and O–H groups in total. The minimum Gasteiger partial charge on any atom is -0.329 e. The predicted molar refractivity (Wildman–Crippen MR) is 71.7 cm³/mol. The second kappa shape index (κ2) is 4.55. The normalized spacial score (nSPS) is 47.1. The van der Waals surface area contributed by atoms with Crippen molar-refractivity contribution in [1.29, 1.82) is 0 Å². The van der Waals surface area contributed by atoms with E-state index in [4.69, 9.17) is 5.73 Å². The molecule has 0 aromatic heterocycles. The number of nitrogens with zero attached hydrogens (tertiary/aromatic N) is 1. The molecule has 3 aliphatic carbocycles. The SMILES string of the molecule is CCC1C2C3CCC(CC3)C2CN1C(C)CN. The monoisotopic (exact) mass is 236 g/mol. The maximum absolute atomic E-state index is 5.90. The quantitative estimate of drug-likeness (QED) is 0.815. The van der Waals surface area contributed by atoms with E-state index in [1.807, 2.05) is 0 Å². The van der Waals surface area contributed by atoms with Crippen molar-refractivity contribution >= 4 is 0 Å². The highest BCUT2D eigenvalue weighted by Gasteiger charge is 2.52. The average Bonchev–Trinajstić information content (AvgIpc) is 2.80. The summed E-state index contributed by atoms with van der Waals surface area (Å²) in [6.45, 7) is 6.88. The lowest BCUT2D eigenvalue weighted by molar-refractivity contribution is 0.0382. The fourth-order valence-corrected chi connectivity index (χ4v) is 5.24. The van der Waals surface area contributed by atoms with Gasteiger partial charge in [0.05, 0.1) is 0 Å². The molecule has 17 heavy (non-hydrogen) atoms. The molecule has 2 bridgehead atoms. The van der Waals surface area contributed by atoms with E-state index in [0.717, 1.165) is 36.3 Å². The third-order valence-electron chi connectivity index (χ3n) is 6.08. The van der Waals surface area contributed by atoms with E-state index >= 15 is 0 Å². The Morgan fingerprint density at radius 2 is 1.82 bits per heavy atom. The van der Waals surface area contributed by atoms with Gasteiger partial charge >= 0.3 is 0 Å². The second-order valence-electron chi connectivity index (χ2n) is 6.67. The van der Waals surface area contributed by atoms with Gasteiger partial charge in [-0.05, 0) is 62.7 Å². The molecule has 0 amide bonds. The Balaban J connectivity index is 1.83. The van der Waals surface area contributed by atoms with E-state index in [1.165, 1.54) is 38.6 Å². The van der Waals surface area contributed by atoms with E-state index in [9.17, 15) is 0 Å². The number of fused-ring (bicyclic) bond motifs is 2. The van der Waals surface area contributed by atoms with Crippen LogP contribution < -0.4 is 5.73 Å². The molecular weight excluding hydrogens is 208 g/mol. The highest BCUT2D eigenvalue weighted by Crippen LogP contribution is 2.54. The van der Waals surface area contributed by atoms with Crippen LogP contribution in [-0.4, -0.2) is 30.1 Å². The Hall–Kier alpha value is -0.0800. The number of nitrogens with two attached hydrogens (primary N) is 1. The molecule has 2 nitrogen and oxygen atoms in total. The van der Waals surface area contributed by atoms with Gasteiger partial charge in [-0.2, -0.15) is 0 Å². The van der Waals surface area contributed by atoms with E-state index < -0.39 is 0 Å². The number of likely N-dealkylation sites (tertiary alicyclic amines) is 1. The highest BCUT2D eigenvalue weighted by molar-refractivity contribution is 5.04. The molecule has 3 saturated carbocycles. The highest BCUT2D eigenvalue weighted by atomic mass is 15.2. The van der Waals surface area contributed by atoms with Crippen LogP contribution in [0.2, 0.25) is 0 Å². The smallest absolute Gasteiger partial charge is 0.0193 e. The minimum absolute atomic E-state index is 0.588. The van der Waals surface area contributed by atoms with Crippen LogP contribution in [0.15, 0.2) is 0 Å². The maximum atomic E-state index is 5.90. The summed E-state index contributed by atoms with van der Waals surface area (Å²) in [5.74, 6) is 4.13. The Morgan fingerprint density at radius 1 is 1.18 bits per heavy atom. The van der Waals surface area contributed by atoms with Crippen LogP contribution >= 0.6 is 0 Å². The zero-order valence-electron chi connectivity index (χ0n) is 11.4. The summed E-state index contributed by atoms with van der Waals surface area (Å²) in [7, 11) is 0. The van der Waals surface area contributed by atoms with Crippen molar-refractivity contribution in [3.8, 4) is 0 Å². The third-order valence-corrected chi connectivity index (χ3v) is 6.08. The molecule has 1 aliphatic heterocycles. The van der Waals surface area contributed by atoms with Crippen molar-refractivity contribution in [2.75, 3.05) is 13.1 Å². The third kappa shape index (κ3) is 1.76.